The van der Waals surface area contributed by atoms with Crippen LogP contribution >= 0.6 is 11.3 Å². The Morgan fingerprint density at radius 1 is 1.45 bits per heavy atom. The van der Waals surface area contributed by atoms with Gasteiger partial charge in [-0.3, -0.25) is 4.79 Å². The summed E-state index contributed by atoms with van der Waals surface area (Å²) in [6.45, 7) is 4.90. The van der Waals surface area contributed by atoms with Crippen molar-refractivity contribution in [1.29, 1.82) is 0 Å². The lowest BCUT2D eigenvalue weighted by Crippen LogP contribution is -2.17. The maximum atomic E-state index is 12.1. The number of aromatic nitrogens is 2. The average Bonchev–Trinajstić information content (AvgIpc) is 3.12. The van der Waals surface area contributed by atoms with Crippen molar-refractivity contribution in [2.75, 3.05) is 0 Å². The molecule has 0 spiro atoms. The minimum atomic E-state index is -0.239. The summed E-state index contributed by atoms with van der Waals surface area (Å²) in [5.41, 5.74) is 5.93. The molecule has 6 heteroatoms. The van der Waals surface area contributed by atoms with Crippen molar-refractivity contribution in [2.45, 2.75) is 20.4 Å². The molecule has 0 saturated carbocycles. The molecule has 0 bridgehead atoms. The van der Waals surface area contributed by atoms with E-state index in [2.05, 4.69) is 27.0 Å². The fourth-order valence-corrected chi connectivity index (χ4v) is 2.98. The Bertz CT molecular complexity index is 833. The lowest BCUT2D eigenvalue weighted by molar-refractivity contribution is 0.0955. The molecule has 3 rings (SSSR count). The number of nitrogens with one attached hydrogen (secondary N) is 1. The highest BCUT2D eigenvalue weighted by molar-refractivity contribution is 7.08. The van der Waals surface area contributed by atoms with Crippen LogP contribution in [0.1, 0.15) is 28.7 Å². The van der Waals surface area contributed by atoms with Gasteiger partial charge in [-0.2, -0.15) is 16.4 Å². The zero-order chi connectivity index (χ0) is 15.5. The first-order valence-corrected chi connectivity index (χ1v) is 7.96. The molecule has 3 aromatic rings. The molecule has 0 atom stereocenters. The second-order valence-electron chi connectivity index (χ2n) is 4.86. The number of fused-ring (bicyclic) bond motifs is 1. The lowest BCUT2D eigenvalue weighted by atomic mass is 10.2. The fraction of sp³-hybridized carbons (Fsp3) is 0.188. The first kappa shape index (κ1) is 14.5. The SMILES string of the molecule is CCn1c(C)nc2cc(C(=O)N/N=C/c3ccsc3)ccc21. The largest absolute Gasteiger partial charge is 0.329 e. The third kappa shape index (κ3) is 2.78. The van der Waals surface area contributed by atoms with Gasteiger partial charge in [0.15, 0.2) is 0 Å². The quantitative estimate of drug-likeness (QED) is 0.594. The predicted octanol–water partition coefficient (Wildman–Crippen LogP) is 3.19. The van der Waals surface area contributed by atoms with E-state index in [1.165, 1.54) is 0 Å². The van der Waals surface area contributed by atoms with Gasteiger partial charge in [0.1, 0.15) is 5.82 Å². The summed E-state index contributed by atoms with van der Waals surface area (Å²) in [4.78, 5) is 16.6. The summed E-state index contributed by atoms with van der Waals surface area (Å²) < 4.78 is 2.12. The van der Waals surface area contributed by atoms with Gasteiger partial charge in [0.25, 0.3) is 5.91 Å². The van der Waals surface area contributed by atoms with Crippen LogP contribution in [0.4, 0.5) is 0 Å². The van der Waals surface area contributed by atoms with Crippen LogP contribution in [0.5, 0.6) is 0 Å². The maximum Gasteiger partial charge on any atom is 0.271 e. The number of carbonyl (C=O) groups is 1. The smallest absolute Gasteiger partial charge is 0.271 e. The molecule has 0 saturated heterocycles. The number of carbonyl (C=O) groups excluding carboxylic acids is 1. The van der Waals surface area contributed by atoms with E-state index < -0.39 is 0 Å². The molecular formula is C16H16N4OS. The monoisotopic (exact) mass is 312 g/mol. The van der Waals surface area contributed by atoms with Crippen molar-refractivity contribution >= 4 is 34.5 Å². The van der Waals surface area contributed by atoms with E-state index in [1.54, 1.807) is 29.7 Å². The average molecular weight is 312 g/mol. The number of aryl methyl sites for hydroxylation is 2. The van der Waals surface area contributed by atoms with E-state index in [0.717, 1.165) is 29.0 Å². The number of rotatable bonds is 4. The highest BCUT2D eigenvalue weighted by atomic mass is 32.1. The van der Waals surface area contributed by atoms with Gasteiger partial charge < -0.3 is 4.57 Å². The number of hydrazone groups is 1. The van der Waals surface area contributed by atoms with Crippen LogP contribution in [-0.2, 0) is 6.54 Å². The van der Waals surface area contributed by atoms with Crippen LogP contribution in [0.3, 0.4) is 0 Å². The minimum absolute atomic E-state index is 0.239. The molecule has 2 heterocycles. The van der Waals surface area contributed by atoms with Gasteiger partial charge in [0.2, 0.25) is 0 Å². The molecule has 0 radical (unpaired) electrons. The Morgan fingerprint density at radius 3 is 3.05 bits per heavy atom. The van der Waals surface area contributed by atoms with Gasteiger partial charge in [-0.25, -0.2) is 10.4 Å². The number of thiophene rings is 1. The molecule has 1 N–H and O–H groups in total. The van der Waals surface area contributed by atoms with Crippen LogP contribution in [0.2, 0.25) is 0 Å². The molecule has 112 valence electrons. The number of amides is 1. The van der Waals surface area contributed by atoms with Gasteiger partial charge in [-0.05, 0) is 48.9 Å². The Labute approximate surface area is 132 Å². The molecule has 1 amide bonds. The molecule has 0 aliphatic carbocycles. The molecule has 0 unspecified atom stereocenters. The molecule has 1 aromatic carbocycles. The van der Waals surface area contributed by atoms with E-state index in [0.29, 0.717) is 5.56 Å². The Hall–Kier alpha value is -2.47. The molecule has 0 fully saturated rings. The molecule has 0 aliphatic rings. The molecular weight excluding hydrogens is 296 g/mol. The Kier molecular flexibility index (Phi) is 4.02. The van der Waals surface area contributed by atoms with E-state index in [9.17, 15) is 4.79 Å². The Morgan fingerprint density at radius 2 is 2.32 bits per heavy atom. The number of nitrogens with zero attached hydrogens (tertiary/aromatic N) is 3. The number of hydrogen-bond acceptors (Lipinski definition) is 4. The lowest BCUT2D eigenvalue weighted by Gasteiger charge is -2.03. The van der Waals surface area contributed by atoms with Gasteiger partial charge in [-0.1, -0.05) is 0 Å². The zero-order valence-electron chi connectivity index (χ0n) is 12.4. The van der Waals surface area contributed by atoms with Crippen LogP contribution in [0.25, 0.3) is 11.0 Å². The summed E-state index contributed by atoms with van der Waals surface area (Å²) in [6.07, 6.45) is 1.63. The zero-order valence-corrected chi connectivity index (χ0v) is 13.2. The first-order valence-electron chi connectivity index (χ1n) is 7.01. The highest BCUT2D eigenvalue weighted by Crippen LogP contribution is 2.17. The van der Waals surface area contributed by atoms with E-state index in [-0.39, 0.29) is 5.91 Å². The maximum absolute atomic E-state index is 12.1. The Balaban J connectivity index is 1.79. The summed E-state index contributed by atoms with van der Waals surface area (Å²) in [5.74, 6) is 0.711. The number of benzene rings is 1. The van der Waals surface area contributed by atoms with Crippen molar-refractivity contribution < 1.29 is 4.79 Å². The van der Waals surface area contributed by atoms with Gasteiger partial charge in [0.05, 0.1) is 17.2 Å². The number of imidazole rings is 1. The summed E-state index contributed by atoms with van der Waals surface area (Å²) in [7, 11) is 0. The van der Waals surface area contributed by atoms with Crippen molar-refractivity contribution in [2.24, 2.45) is 5.10 Å². The van der Waals surface area contributed by atoms with Crippen molar-refractivity contribution in [3.8, 4) is 0 Å². The van der Waals surface area contributed by atoms with Crippen LogP contribution in [0.15, 0.2) is 40.1 Å². The van der Waals surface area contributed by atoms with Gasteiger partial charge in [0, 0.05) is 17.7 Å². The van der Waals surface area contributed by atoms with Crippen molar-refractivity contribution in [3.05, 3.63) is 52.0 Å². The second kappa shape index (κ2) is 6.11. The van der Waals surface area contributed by atoms with Gasteiger partial charge in [-0.15, -0.1) is 0 Å². The minimum Gasteiger partial charge on any atom is -0.329 e. The highest BCUT2D eigenvalue weighted by Gasteiger charge is 2.10. The standard InChI is InChI=1S/C16H16N4OS/c1-3-20-11(2)18-14-8-13(4-5-15(14)20)16(21)19-17-9-12-6-7-22-10-12/h4-10H,3H2,1-2H3,(H,19,21)/b17-9+. The predicted molar refractivity (Wildman–Crippen MR) is 89.5 cm³/mol. The topological polar surface area (TPSA) is 59.3 Å². The molecule has 5 nitrogen and oxygen atoms in total. The third-order valence-corrected chi connectivity index (χ3v) is 4.14. The summed E-state index contributed by atoms with van der Waals surface area (Å²) in [5, 5.41) is 7.89. The van der Waals surface area contributed by atoms with E-state index >= 15 is 0 Å². The van der Waals surface area contributed by atoms with Gasteiger partial charge >= 0.3 is 0 Å². The van der Waals surface area contributed by atoms with Crippen LogP contribution in [0, 0.1) is 6.92 Å². The first-order chi connectivity index (χ1) is 10.7. The van der Waals surface area contributed by atoms with Crippen molar-refractivity contribution in [1.82, 2.24) is 15.0 Å². The summed E-state index contributed by atoms with van der Waals surface area (Å²) in [6, 6.07) is 7.46. The van der Waals surface area contributed by atoms with E-state index in [4.69, 9.17) is 0 Å². The molecule has 22 heavy (non-hydrogen) atoms. The molecule has 0 aliphatic heterocycles. The van der Waals surface area contributed by atoms with E-state index in [1.807, 2.05) is 29.8 Å². The van der Waals surface area contributed by atoms with Crippen LogP contribution < -0.4 is 5.43 Å². The van der Waals surface area contributed by atoms with Crippen LogP contribution in [-0.4, -0.2) is 21.7 Å². The number of hydrogen-bond donors (Lipinski definition) is 1. The van der Waals surface area contributed by atoms with Crippen molar-refractivity contribution in [3.63, 3.8) is 0 Å². The third-order valence-electron chi connectivity index (χ3n) is 3.44. The molecule has 2 aromatic heterocycles. The normalized spacial score (nSPS) is 11.4. The fourth-order valence-electron chi connectivity index (χ4n) is 2.37. The second-order valence-corrected chi connectivity index (χ2v) is 5.64. The summed E-state index contributed by atoms with van der Waals surface area (Å²) >= 11 is 1.59.